The van der Waals surface area contributed by atoms with Crippen molar-refractivity contribution >= 4 is 23.4 Å². The number of aromatic nitrogens is 1. The molecule has 1 aliphatic rings. The Labute approximate surface area is 156 Å². The summed E-state index contributed by atoms with van der Waals surface area (Å²) in [7, 11) is 0. The smallest absolute Gasteiger partial charge is 0.410 e. The molecule has 2 amide bonds. The van der Waals surface area contributed by atoms with E-state index >= 15 is 0 Å². The summed E-state index contributed by atoms with van der Waals surface area (Å²) in [6.07, 6.45) is 3.38. The van der Waals surface area contributed by atoms with Crippen LogP contribution in [0.5, 0.6) is 5.75 Å². The van der Waals surface area contributed by atoms with Crippen LogP contribution < -0.4 is 15.0 Å². The van der Waals surface area contributed by atoms with E-state index in [9.17, 15) is 9.59 Å². The van der Waals surface area contributed by atoms with Crippen LogP contribution in [0.25, 0.3) is 0 Å². The van der Waals surface area contributed by atoms with Crippen molar-refractivity contribution in [1.29, 1.82) is 0 Å². The Morgan fingerprint density at radius 1 is 1.04 bits per heavy atom. The predicted octanol–water partition coefficient (Wildman–Crippen LogP) is 3.90. The zero-order valence-corrected chi connectivity index (χ0v) is 14.5. The molecule has 0 unspecified atom stereocenters. The van der Waals surface area contributed by atoms with Crippen molar-refractivity contribution < 1.29 is 14.3 Å². The van der Waals surface area contributed by atoms with Crippen LogP contribution in [0.3, 0.4) is 0 Å². The molecule has 3 aromatic rings. The monoisotopic (exact) mass is 359 g/mol. The maximum atomic E-state index is 12.7. The van der Waals surface area contributed by atoms with Crippen molar-refractivity contribution in [2.75, 3.05) is 16.8 Å². The lowest BCUT2D eigenvalue weighted by Crippen LogP contribution is -2.28. The number of pyridine rings is 1. The first-order valence-corrected chi connectivity index (χ1v) is 8.59. The molecular weight excluding hydrogens is 342 g/mol. The summed E-state index contributed by atoms with van der Waals surface area (Å²) in [5.74, 6) is 0.399. The number of nitrogens with zero attached hydrogens (tertiary/aromatic N) is 2. The molecule has 2 heterocycles. The standard InChI is InChI=1S/C21H17N3O3/c25-20(16-5-4-11-22-14-16)24-12-10-15-13-17(8-9-19(15)24)23-21(26)27-18-6-2-1-3-7-18/h1-9,11,13-14H,10,12H2,(H,23,26). The van der Waals surface area contributed by atoms with Gasteiger partial charge in [-0.25, -0.2) is 4.79 Å². The Balaban J connectivity index is 1.47. The van der Waals surface area contributed by atoms with Crippen molar-refractivity contribution in [3.8, 4) is 5.75 Å². The molecule has 27 heavy (non-hydrogen) atoms. The van der Waals surface area contributed by atoms with E-state index in [0.717, 1.165) is 17.7 Å². The number of carbonyl (C=O) groups is 2. The summed E-state index contributed by atoms with van der Waals surface area (Å²) in [6, 6.07) is 17.8. The van der Waals surface area contributed by atoms with Gasteiger partial charge >= 0.3 is 6.09 Å². The van der Waals surface area contributed by atoms with Crippen LogP contribution >= 0.6 is 0 Å². The van der Waals surface area contributed by atoms with Crippen LogP contribution in [-0.4, -0.2) is 23.5 Å². The number of hydrogen-bond donors (Lipinski definition) is 1. The van der Waals surface area contributed by atoms with Gasteiger partial charge in [-0.1, -0.05) is 18.2 Å². The van der Waals surface area contributed by atoms with Gasteiger partial charge in [0.25, 0.3) is 5.91 Å². The normalized spacial score (nSPS) is 12.4. The van der Waals surface area contributed by atoms with Gasteiger partial charge in [0.15, 0.2) is 0 Å². The second-order valence-electron chi connectivity index (χ2n) is 6.12. The Morgan fingerprint density at radius 3 is 2.67 bits per heavy atom. The molecule has 1 aliphatic heterocycles. The lowest BCUT2D eigenvalue weighted by molar-refractivity contribution is 0.0989. The number of nitrogens with one attached hydrogen (secondary N) is 1. The maximum absolute atomic E-state index is 12.7. The van der Waals surface area contributed by atoms with E-state index in [1.165, 1.54) is 0 Å². The molecule has 2 aromatic carbocycles. The number of rotatable bonds is 3. The third-order valence-electron chi connectivity index (χ3n) is 4.33. The van der Waals surface area contributed by atoms with E-state index in [-0.39, 0.29) is 5.91 Å². The first-order chi connectivity index (χ1) is 13.2. The van der Waals surface area contributed by atoms with Crippen molar-refractivity contribution in [2.24, 2.45) is 0 Å². The number of ether oxygens (including phenoxy) is 1. The molecule has 4 rings (SSSR count). The highest BCUT2D eigenvalue weighted by Gasteiger charge is 2.26. The molecule has 0 saturated carbocycles. The third kappa shape index (κ3) is 3.64. The van der Waals surface area contributed by atoms with Gasteiger partial charge in [0.05, 0.1) is 5.56 Å². The van der Waals surface area contributed by atoms with E-state index in [0.29, 0.717) is 23.5 Å². The number of hydrogen-bond acceptors (Lipinski definition) is 4. The minimum Gasteiger partial charge on any atom is -0.410 e. The largest absolute Gasteiger partial charge is 0.417 e. The lowest BCUT2D eigenvalue weighted by atomic mass is 10.1. The molecule has 0 saturated heterocycles. The van der Waals surface area contributed by atoms with E-state index in [2.05, 4.69) is 10.3 Å². The summed E-state index contributed by atoms with van der Waals surface area (Å²) in [4.78, 5) is 30.4. The SMILES string of the molecule is O=C(Nc1ccc2c(c1)CCN2C(=O)c1cccnc1)Oc1ccccc1. The zero-order valence-electron chi connectivity index (χ0n) is 14.5. The molecular formula is C21H17N3O3. The Morgan fingerprint density at radius 2 is 1.89 bits per heavy atom. The molecule has 0 atom stereocenters. The third-order valence-corrected chi connectivity index (χ3v) is 4.33. The lowest BCUT2D eigenvalue weighted by Gasteiger charge is -2.17. The van der Waals surface area contributed by atoms with Gasteiger partial charge in [-0.05, 0) is 54.4 Å². The first-order valence-electron chi connectivity index (χ1n) is 8.59. The van der Waals surface area contributed by atoms with Crippen LogP contribution in [0.1, 0.15) is 15.9 Å². The van der Waals surface area contributed by atoms with Gasteiger partial charge in [0.1, 0.15) is 5.75 Å². The van der Waals surface area contributed by atoms with Crippen LogP contribution in [0.2, 0.25) is 0 Å². The number of carbonyl (C=O) groups excluding carboxylic acids is 2. The highest BCUT2D eigenvalue weighted by molar-refractivity contribution is 6.07. The van der Waals surface area contributed by atoms with E-state index in [1.807, 2.05) is 18.2 Å². The fraction of sp³-hybridized carbons (Fsp3) is 0.0952. The summed E-state index contributed by atoms with van der Waals surface area (Å²) in [6.45, 7) is 0.598. The van der Waals surface area contributed by atoms with E-state index in [4.69, 9.17) is 4.74 Å². The summed E-state index contributed by atoms with van der Waals surface area (Å²) >= 11 is 0. The summed E-state index contributed by atoms with van der Waals surface area (Å²) < 4.78 is 5.23. The minimum atomic E-state index is -0.553. The number of fused-ring (bicyclic) bond motifs is 1. The number of benzene rings is 2. The highest BCUT2D eigenvalue weighted by atomic mass is 16.6. The quantitative estimate of drug-likeness (QED) is 0.770. The average Bonchev–Trinajstić information content (AvgIpc) is 3.12. The van der Waals surface area contributed by atoms with Gasteiger partial charge in [-0.15, -0.1) is 0 Å². The van der Waals surface area contributed by atoms with Crippen molar-refractivity contribution in [3.63, 3.8) is 0 Å². The molecule has 134 valence electrons. The van der Waals surface area contributed by atoms with Crippen LogP contribution in [0, 0.1) is 0 Å². The molecule has 6 heteroatoms. The minimum absolute atomic E-state index is 0.0777. The van der Waals surface area contributed by atoms with E-state index < -0.39 is 6.09 Å². The number of para-hydroxylation sites is 1. The number of anilines is 2. The van der Waals surface area contributed by atoms with Gasteiger partial charge in [-0.3, -0.25) is 15.1 Å². The molecule has 0 spiro atoms. The maximum Gasteiger partial charge on any atom is 0.417 e. The van der Waals surface area contributed by atoms with Crippen LogP contribution in [-0.2, 0) is 6.42 Å². The molecule has 1 N–H and O–H groups in total. The van der Waals surface area contributed by atoms with Crippen molar-refractivity contribution in [3.05, 3.63) is 84.2 Å². The molecule has 6 nitrogen and oxygen atoms in total. The fourth-order valence-corrected chi connectivity index (χ4v) is 3.07. The van der Waals surface area contributed by atoms with Gasteiger partial charge in [0, 0.05) is 30.3 Å². The second kappa shape index (κ2) is 7.29. The Bertz CT molecular complexity index is 974. The van der Waals surface area contributed by atoms with Crippen LogP contribution in [0.15, 0.2) is 73.1 Å². The second-order valence-corrected chi connectivity index (χ2v) is 6.12. The highest BCUT2D eigenvalue weighted by Crippen LogP contribution is 2.31. The Hall–Kier alpha value is -3.67. The molecule has 0 bridgehead atoms. The van der Waals surface area contributed by atoms with Crippen LogP contribution in [0.4, 0.5) is 16.2 Å². The predicted molar refractivity (Wildman–Crippen MR) is 102 cm³/mol. The Kier molecular flexibility index (Phi) is 4.53. The van der Waals surface area contributed by atoms with Gasteiger partial charge < -0.3 is 9.64 Å². The zero-order chi connectivity index (χ0) is 18.6. The molecule has 1 aromatic heterocycles. The van der Waals surface area contributed by atoms with Crippen molar-refractivity contribution in [2.45, 2.75) is 6.42 Å². The van der Waals surface area contributed by atoms with Gasteiger partial charge in [0.2, 0.25) is 0 Å². The molecule has 0 aliphatic carbocycles. The van der Waals surface area contributed by atoms with E-state index in [1.54, 1.807) is 59.8 Å². The van der Waals surface area contributed by atoms with Crippen molar-refractivity contribution in [1.82, 2.24) is 4.98 Å². The first kappa shape index (κ1) is 16.8. The average molecular weight is 359 g/mol. The van der Waals surface area contributed by atoms with Gasteiger partial charge in [-0.2, -0.15) is 0 Å². The summed E-state index contributed by atoms with van der Waals surface area (Å²) in [5.41, 5.74) is 3.04. The fourth-order valence-electron chi connectivity index (χ4n) is 3.07. The molecule has 0 radical (unpaired) electrons. The molecule has 0 fully saturated rings. The number of amides is 2. The summed E-state index contributed by atoms with van der Waals surface area (Å²) in [5, 5.41) is 2.72. The topological polar surface area (TPSA) is 71.5 Å².